The van der Waals surface area contributed by atoms with E-state index in [4.69, 9.17) is 0 Å². The molecule has 0 fully saturated rings. The number of anilines is 1. The normalized spacial score (nSPS) is 13.7. The van der Waals surface area contributed by atoms with Gasteiger partial charge in [-0.15, -0.1) is 0 Å². The van der Waals surface area contributed by atoms with E-state index in [9.17, 15) is 17.6 Å². The van der Waals surface area contributed by atoms with E-state index >= 15 is 0 Å². The first-order chi connectivity index (χ1) is 8.70. The Labute approximate surface area is 110 Å². The van der Waals surface area contributed by atoms with Crippen molar-refractivity contribution >= 4 is 5.69 Å². The van der Waals surface area contributed by atoms with E-state index in [0.717, 1.165) is 25.1 Å². The quantitative estimate of drug-likeness (QED) is 0.828. The van der Waals surface area contributed by atoms with Gasteiger partial charge >= 0.3 is 6.18 Å². The number of benzene rings is 1. The highest BCUT2D eigenvalue weighted by Crippen LogP contribution is 2.31. The minimum absolute atomic E-state index is 0.0198. The molecule has 1 N–H and O–H groups in total. The lowest BCUT2D eigenvalue weighted by atomic mass is 10.1. The van der Waals surface area contributed by atoms with Gasteiger partial charge in [-0.25, -0.2) is 4.39 Å². The molecule has 1 aromatic rings. The SMILES string of the molecule is CC(CCN(C)C)Nc1ccc(C(F)(F)F)cc1F. The maximum atomic E-state index is 13.6. The third kappa shape index (κ3) is 5.06. The topological polar surface area (TPSA) is 15.3 Å². The summed E-state index contributed by atoms with van der Waals surface area (Å²) in [6, 6.07) is 2.50. The Hall–Kier alpha value is -1.30. The first-order valence-electron chi connectivity index (χ1n) is 5.98. The molecular formula is C13H18F4N2. The monoisotopic (exact) mass is 278 g/mol. The van der Waals surface area contributed by atoms with Gasteiger partial charge in [0.1, 0.15) is 5.82 Å². The minimum atomic E-state index is -4.52. The smallest absolute Gasteiger partial charge is 0.380 e. The molecule has 0 bridgehead atoms. The number of hydrogen-bond acceptors (Lipinski definition) is 2. The number of hydrogen-bond donors (Lipinski definition) is 1. The Bertz CT molecular complexity index is 416. The van der Waals surface area contributed by atoms with Gasteiger partial charge in [0.15, 0.2) is 0 Å². The van der Waals surface area contributed by atoms with Gasteiger partial charge in [-0.3, -0.25) is 0 Å². The number of nitrogens with zero attached hydrogens (tertiary/aromatic N) is 1. The lowest BCUT2D eigenvalue weighted by molar-refractivity contribution is -0.137. The van der Waals surface area contributed by atoms with Crippen LogP contribution in [0.15, 0.2) is 18.2 Å². The average molecular weight is 278 g/mol. The third-order valence-electron chi connectivity index (χ3n) is 2.71. The largest absolute Gasteiger partial charge is 0.416 e. The number of alkyl halides is 3. The van der Waals surface area contributed by atoms with Crippen LogP contribution in [0, 0.1) is 5.82 Å². The molecule has 0 aliphatic heterocycles. The molecule has 0 radical (unpaired) electrons. The van der Waals surface area contributed by atoms with E-state index in [1.807, 2.05) is 25.9 Å². The van der Waals surface area contributed by atoms with E-state index in [0.29, 0.717) is 6.07 Å². The summed E-state index contributed by atoms with van der Waals surface area (Å²) in [7, 11) is 3.84. The number of nitrogens with one attached hydrogen (secondary N) is 1. The molecule has 0 spiro atoms. The van der Waals surface area contributed by atoms with Gasteiger partial charge in [0.25, 0.3) is 0 Å². The third-order valence-corrected chi connectivity index (χ3v) is 2.71. The van der Waals surface area contributed by atoms with Gasteiger partial charge in [-0.2, -0.15) is 13.2 Å². The molecule has 2 nitrogen and oxygen atoms in total. The molecule has 0 amide bonds. The highest BCUT2D eigenvalue weighted by atomic mass is 19.4. The highest BCUT2D eigenvalue weighted by Gasteiger charge is 2.31. The Morgan fingerprint density at radius 2 is 1.89 bits per heavy atom. The van der Waals surface area contributed by atoms with Gasteiger partial charge in [0.2, 0.25) is 0 Å². The van der Waals surface area contributed by atoms with Crippen LogP contribution in [0.3, 0.4) is 0 Å². The summed E-state index contributed by atoms with van der Waals surface area (Å²) >= 11 is 0. The standard InChI is InChI=1S/C13H18F4N2/c1-9(6-7-19(2)3)18-12-5-4-10(8-11(12)14)13(15,16)17/h4-5,8-9,18H,6-7H2,1-3H3. The molecule has 108 valence electrons. The van der Waals surface area contributed by atoms with Crippen molar-refractivity contribution in [2.24, 2.45) is 0 Å². The highest BCUT2D eigenvalue weighted by molar-refractivity contribution is 5.47. The van der Waals surface area contributed by atoms with E-state index in [-0.39, 0.29) is 11.7 Å². The maximum absolute atomic E-state index is 13.6. The molecule has 1 unspecified atom stereocenters. The lowest BCUT2D eigenvalue weighted by Gasteiger charge is -2.18. The second kappa shape index (κ2) is 6.23. The number of rotatable bonds is 5. The van der Waals surface area contributed by atoms with Crippen molar-refractivity contribution in [3.8, 4) is 0 Å². The lowest BCUT2D eigenvalue weighted by Crippen LogP contribution is -2.23. The molecule has 6 heteroatoms. The fraction of sp³-hybridized carbons (Fsp3) is 0.538. The summed E-state index contributed by atoms with van der Waals surface area (Å²) in [5.41, 5.74) is -0.879. The van der Waals surface area contributed by atoms with Crippen molar-refractivity contribution in [1.29, 1.82) is 0 Å². The van der Waals surface area contributed by atoms with Crippen LogP contribution in [0.25, 0.3) is 0 Å². The first-order valence-corrected chi connectivity index (χ1v) is 5.98. The van der Waals surface area contributed by atoms with Crippen LogP contribution in [-0.2, 0) is 6.18 Å². The van der Waals surface area contributed by atoms with Crippen LogP contribution in [0.4, 0.5) is 23.2 Å². The van der Waals surface area contributed by atoms with Crippen LogP contribution < -0.4 is 5.32 Å². The fourth-order valence-electron chi connectivity index (χ4n) is 1.60. The molecule has 0 aromatic heterocycles. The molecule has 0 heterocycles. The van der Waals surface area contributed by atoms with Crippen molar-refractivity contribution in [2.75, 3.05) is 26.0 Å². The Balaban J connectivity index is 2.70. The van der Waals surface area contributed by atoms with E-state index < -0.39 is 17.6 Å². The summed E-state index contributed by atoms with van der Waals surface area (Å²) in [6.07, 6.45) is -3.75. The van der Waals surface area contributed by atoms with Crippen molar-refractivity contribution < 1.29 is 17.6 Å². The molecule has 1 atom stereocenters. The second-order valence-corrected chi connectivity index (χ2v) is 4.83. The van der Waals surface area contributed by atoms with Gasteiger partial charge in [0, 0.05) is 6.04 Å². The molecule has 1 rings (SSSR count). The van der Waals surface area contributed by atoms with Crippen molar-refractivity contribution in [3.05, 3.63) is 29.6 Å². The van der Waals surface area contributed by atoms with E-state index in [1.165, 1.54) is 0 Å². The predicted molar refractivity (Wildman–Crippen MR) is 67.7 cm³/mol. The summed E-state index contributed by atoms with van der Waals surface area (Å²) in [5, 5.41) is 2.88. The zero-order valence-corrected chi connectivity index (χ0v) is 11.2. The number of halogens is 4. The molecule has 0 saturated heterocycles. The molecule has 0 aliphatic carbocycles. The van der Waals surface area contributed by atoms with Crippen molar-refractivity contribution in [3.63, 3.8) is 0 Å². The van der Waals surface area contributed by atoms with Crippen molar-refractivity contribution in [1.82, 2.24) is 4.90 Å². The molecule has 0 aliphatic rings. The van der Waals surface area contributed by atoms with Gasteiger partial charge < -0.3 is 10.2 Å². The second-order valence-electron chi connectivity index (χ2n) is 4.83. The summed E-state index contributed by atoms with van der Waals surface area (Å²) < 4.78 is 50.7. The zero-order valence-electron chi connectivity index (χ0n) is 11.2. The van der Waals surface area contributed by atoms with Crippen LogP contribution >= 0.6 is 0 Å². The van der Waals surface area contributed by atoms with Gasteiger partial charge in [-0.05, 0) is 52.2 Å². The van der Waals surface area contributed by atoms with Crippen LogP contribution in [0.1, 0.15) is 18.9 Å². The van der Waals surface area contributed by atoms with Crippen LogP contribution in [0.2, 0.25) is 0 Å². The summed E-state index contributed by atoms with van der Waals surface area (Å²) in [5.74, 6) is -0.883. The zero-order chi connectivity index (χ0) is 14.6. The molecule has 0 saturated carbocycles. The maximum Gasteiger partial charge on any atom is 0.416 e. The minimum Gasteiger partial charge on any atom is -0.380 e. The van der Waals surface area contributed by atoms with E-state index in [2.05, 4.69) is 5.32 Å². The predicted octanol–water partition coefficient (Wildman–Crippen LogP) is 3.60. The average Bonchev–Trinajstić information content (AvgIpc) is 2.27. The van der Waals surface area contributed by atoms with E-state index in [1.54, 1.807) is 0 Å². The van der Waals surface area contributed by atoms with Crippen molar-refractivity contribution in [2.45, 2.75) is 25.6 Å². The molecule has 1 aromatic carbocycles. The molecule has 19 heavy (non-hydrogen) atoms. The Kier molecular flexibility index (Phi) is 5.17. The van der Waals surface area contributed by atoms with Gasteiger partial charge in [-0.1, -0.05) is 0 Å². The van der Waals surface area contributed by atoms with Crippen LogP contribution in [0.5, 0.6) is 0 Å². The van der Waals surface area contributed by atoms with Gasteiger partial charge in [0.05, 0.1) is 11.3 Å². The molecular weight excluding hydrogens is 260 g/mol. The summed E-state index contributed by atoms with van der Waals surface area (Å²) in [4.78, 5) is 1.99. The van der Waals surface area contributed by atoms with Crippen LogP contribution in [-0.4, -0.2) is 31.6 Å². The first kappa shape index (κ1) is 15.8. The Morgan fingerprint density at radius 1 is 1.26 bits per heavy atom. The fourth-order valence-corrected chi connectivity index (χ4v) is 1.60. The Morgan fingerprint density at radius 3 is 2.37 bits per heavy atom. The summed E-state index contributed by atoms with van der Waals surface area (Å²) in [6.45, 7) is 2.68.